The highest BCUT2D eigenvalue weighted by atomic mass is 32.2. The lowest BCUT2D eigenvalue weighted by Gasteiger charge is -2.48. The summed E-state index contributed by atoms with van der Waals surface area (Å²) < 4.78 is 0. The van der Waals surface area contributed by atoms with Gasteiger partial charge in [0, 0.05) is 36.1 Å². The Labute approximate surface area is 111 Å². The number of nitriles is 1. The molecule has 2 unspecified atom stereocenters. The maximum Gasteiger partial charge on any atom is 0.146 e. The Bertz CT molecular complexity index is 496. The molecule has 1 saturated carbocycles. The standard InChI is InChI=1S/C13H16N4S/c1-2-12-15-9(8-14)7-13(16-12)17-5-6-18-11-4-3-10(11)17/h7,10-11H,2-6H2,1H3. The van der Waals surface area contributed by atoms with Crippen LogP contribution in [0.5, 0.6) is 0 Å². The molecule has 4 nitrogen and oxygen atoms in total. The van der Waals surface area contributed by atoms with Gasteiger partial charge in [-0.2, -0.15) is 17.0 Å². The summed E-state index contributed by atoms with van der Waals surface area (Å²) in [5.74, 6) is 2.89. The van der Waals surface area contributed by atoms with Crippen LogP contribution in [0.3, 0.4) is 0 Å². The Morgan fingerprint density at radius 1 is 1.50 bits per heavy atom. The summed E-state index contributed by atoms with van der Waals surface area (Å²) >= 11 is 2.08. The monoisotopic (exact) mass is 260 g/mol. The van der Waals surface area contributed by atoms with E-state index in [0.29, 0.717) is 11.7 Å². The summed E-state index contributed by atoms with van der Waals surface area (Å²) in [5, 5.41) is 9.82. The first-order valence-corrected chi connectivity index (χ1v) is 7.53. The number of rotatable bonds is 2. The summed E-state index contributed by atoms with van der Waals surface area (Å²) in [5.41, 5.74) is 0.492. The van der Waals surface area contributed by atoms with Gasteiger partial charge in [0.1, 0.15) is 23.4 Å². The average Bonchev–Trinajstić information content (AvgIpc) is 2.39. The molecule has 2 aliphatic rings. The number of hydrogen-bond acceptors (Lipinski definition) is 5. The molecule has 2 atom stereocenters. The van der Waals surface area contributed by atoms with Crippen LogP contribution in [0.4, 0.5) is 5.82 Å². The number of nitrogens with zero attached hydrogens (tertiary/aromatic N) is 4. The highest BCUT2D eigenvalue weighted by Crippen LogP contribution is 2.40. The van der Waals surface area contributed by atoms with Gasteiger partial charge in [0.25, 0.3) is 0 Å². The molecule has 0 bridgehead atoms. The van der Waals surface area contributed by atoms with Crippen LogP contribution in [0.15, 0.2) is 6.07 Å². The first-order valence-electron chi connectivity index (χ1n) is 6.48. The van der Waals surface area contributed by atoms with Gasteiger partial charge in [-0.15, -0.1) is 0 Å². The van der Waals surface area contributed by atoms with Gasteiger partial charge in [-0.1, -0.05) is 6.92 Å². The molecule has 0 N–H and O–H groups in total. The average molecular weight is 260 g/mol. The van der Waals surface area contributed by atoms with E-state index in [-0.39, 0.29) is 0 Å². The van der Waals surface area contributed by atoms with Crippen molar-refractivity contribution in [1.29, 1.82) is 5.26 Å². The Kier molecular flexibility index (Phi) is 3.13. The number of fused-ring (bicyclic) bond motifs is 1. The van der Waals surface area contributed by atoms with Gasteiger partial charge >= 0.3 is 0 Å². The first-order chi connectivity index (χ1) is 8.81. The molecule has 0 aromatic carbocycles. The summed E-state index contributed by atoms with van der Waals surface area (Å²) in [6.07, 6.45) is 3.35. The van der Waals surface area contributed by atoms with Crippen molar-refractivity contribution in [1.82, 2.24) is 9.97 Å². The van der Waals surface area contributed by atoms with Crippen molar-refractivity contribution in [3.05, 3.63) is 17.6 Å². The minimum atomic E-state index is 0.492. The summed E-state index contributed by atoms with van der Waals surface area (Å²) in [6, 6.07) is 4.60. The Morgan fingerprint density at radius 2 is 2.39 bits per heavy atom. The third-order valence-corrected chi connectivity index (χ3v) is 5.12. The molecular weight excluding hydrogens is 244 g/mol. The number of anilines is 1. The molecular formula is C13H16N4S. The molecule has 0 radical (unpaired) electrons. The third-order valence-electron chi connectivity index (χ3n) is 3.72. The van der Waals surface area contributed by atoms with E-state index in [1.807, 2.05) is 13.0 Å². The van der Waals surface area contributed by atoms with Crippen molar-refractivity contribution >= 4 is 17.6 Å². The van der Waals surface area contributed by atoms with Gasteiger partial charge < -0.3 is 4.90 Å². The molecule has 2 heterocycles. The lowest BCUT2D eigenvalue weighted by atomic mass is 9.90. The maximum absolute atomic E-state index is 9.05. The fourth-order valence-electron chi connectivity index (χ4n) is 2.60. The third kappa shape index (κ3) is 1.95. The molecule has 2 fully saturated rings. The molecule has 1 saturated heterocycles. The van der Waals surface area contributed by atoms with Crippen molar-refractivity contribution < 1.29 is 0 Å². The molecule has 0 amide bonds. The quantitative estimate of drug-likeness (QED) is 0.814. The van der Waals surface area contributed by atoms with Crippen molar-refractivity contribution in [3.63, 3.8) is 0 Å². The fourth-order valence-corrected chi connectivity index (χ4v) is 4.01. The molecule has 1 aliphatic heterocycles. The minimum Gasteiger partial charge on any atom is -0.352 e. The molecule has 3 rings (SSSR count). The molecule has 1 aliphatic carbocycles. The van der Waals surface area contributed by atoms with E-state index >= 15 is 0 Å². The topological polar surface area (TPSA) is 52.8 Å². The van der Waals surface area contributed by atoms with E-state index in [1.54, 1.807) is 0 Å². The van der Waals surface area contributed by atoms with E-state index in [0.717, 1.165) is 35.6 Å². The predicted molar refractivity (Wildman–Crippen MR) is 72.7 cm³/mol. The van der Waals surface area contributed by atoms with Gasteiger partial charge in [0.15, 0.2) is 0 Å². The Hall–Kier alpha value is -1.28. The first kappa shape index (κ1) is 11.8. The van der Waals surface area contributed by atoms with E-state index < -0.39 is 0 Å². The zero-order valence-corrected chi connectivity index (χ0v) is 11.3. The summed E-state index contributed by atoms with van der Waals surface area (Å²) in [7, 11) is 0. The number of aryl methyl sites for hydroxylation is 1. The van der Waals surface area contributed by atoms with Crippen LogP contribution in [0.25, 0.3) is 0 Å². The van der Waals surface area contributed by atoms with Crippen LogP contribution in [0, 0.1) is 11.3 Å². The van der Waals surface area contributed by atoms with Crippen LogP contribution in [-0.2, 0) is 6.42 Å². The highest BCUT2D eigenvalue weighted by molar-refractivity contribution is 8.00. The zero-order valence-electron chi connectivity index (χ0n) is 10.5. The van der Waals surface area contributed by atoms with Crippen LogP contribution in [0.2, 0.25) is 0 Å². The van der Waals surface area contributed by atoms with Gasteiger partial charge in [-0.3, -0.25) is 0 Å². The Balaban J connectivity index is 1.93. The molecule has 1 aromatic heterocycles. The molecule has 18 heavy (non-hydrogen) atoms. The van der Waals surface area contributed by atoms with Crippen LogP contribution >= 0.6 is 11.8 Å². The van der Waals surface area contributed by atoms with Crippen LogP contribution < -0.4 is 4.90 Å². The van der Waals surface area contributed by atoms with Crippen molar-refractivity contribution in [3.8, 4) is 6.07 Å². The lowest BCUT2D eigenvalue weighted by molar-refractivity contribution is 0.394. The maximum atomic E-state index is 9.05. The fraction of sp³-hybridized carbons (Fsp3) is 0.615. The second-order valence-corrected chi connectivity index (χ2v) is 6.09. The molecule has 1 aromatic rings. The summed E-state index contributed by atoms with van der Waals surface area (Å²) in [4.78, 5) is 11.2. The van der Waals surface area contributed by atoms with Gasteiger partial charge in [0.2, 0.25) is 0 Å². The second-order valence-electron chi connectivity index (χ2n) is 4.74. The van der Waals surface area contributed by atoms with Gasteiger partial charge in [-0.25, -0.2) is 9.97 Å². The van der Waals surface area contributed by atoms with E-state index in [9.17, 15) is 0 Å². The van der Waals surface area contributed by atoms with Crippen LogP contribution in [-0.4, -0.2) is 33.6 Å². The number of thioether (sulfide) groups is 1. The molecule has 94 valence electrons. The lowest BCUT2D eigenvalue weighted by Crippen LogP contribution is -2.54. The second kappa shape index (κ2) is 4.77. The number of hydrogen-bond donors (Lipinski definition) is 0. The van der Waals surface area contributed by atoms with E-state index in [1.165, 1.54) is 12.8 Å². The van der Waals surface area contributed by atoms with Gasteiger partial charge in [0.05, 0.1) is 0 Å². The van der Waals surface area contributed by atoms with Crippen molar-refractivity contribution in [2.24, 2.45) is 0 Å². The van der Waals surface area contributed by atoms with Crippen molar-refractivity contribution in [2.45, 2.75) is 37.5 Å². The largest absolute Gasteiger partial charge is 0.352 e. The van der Waals surface area contributed by atoms with Crippen LogP contribution in [0.1, 0.15) is 31.3 Å². The smallest absolute Gasteiger partial charge is 0.146 e. The SMILES string of the molecule is CCc1nc(C#N)cc(N2CCSC3CCC32)n1. The Morgan fingerprint density at radius 3 is 3.06 bits per heavy atom. The minimum absolute atomic E-state index is 0.492. The normalized spacial score (nSPS) is 26.1. The summed E-state index contributed by atoms with van der Waals surface area (Å²) in [6.45, 7) is 3.06. The van der Waals surface area contributed by atoms with E-state index in [2.05, 4.69) is 32.7 Å². The predicted octanol–water partition coefficient (Wildman–Crippen LogP) is 1.99. The molecule has 5 heteroatoms. The number of aromatic nitrogens is 2. The molecule has 0 spiro atoms. The van der Waals surface area contributed by atoms with E-state index in [4.69, 9.17) is 5.26 Å². The zero-order chi connectivity index (χ0) is 12.5. The van der Waals surface area contributed by atoms with Gasteiger partial charge in [-0.05, 0) is 12.8 Å². The van der Waals surface area contributed by atoms with Crippen molar-refractivity contribution in [2.75, 3.05) is 17.2 Å². The highest BCUT2D eigenvalue weighted by Gasteiger charge is 2.39.